The molecular formula is C14H18O4. The lowest BCUT2D eigenvalue weighted by Gasteiger charge is -2.15. The summed E-state index contributed by atoms with van der Waals surface area (Å²) in [5, 5.41) is 0. The summed E-state index contributed by atoms with van der Waals surface area (Å²) < 4.78 is 9.78. The molecule has 0 heterocycles. The molecular weight excluding hydrogens is 232 g/mol. The van der Waals surface area contributed by atoms with Crippen LogP contribution in [0, 0.1) is 5.41 Å². The van der Waals surface area contributed by atoms with Crippen LogP contribution in [0.5, 0.6) is 5.75 Å². The average Bonchev–Trinajstić information content (AvgIpc) is 2.28. The summed E-state index contributed by atoms with van der Waals surface area (Å²) in [7, 11) is 1.57. The van der Waals surface area contributed by atoms with E-state index in [9.17, 15) is 9.59 Å². The minimum Gasteiger partial charge on any atom is -0.497 e. The number of hydrogen-bond acceptors (Lipinski definition) is 4. The SMILES string of the molecule is COc1ccc(CC(=O)OC(=O)C(C)(C)C)cc1. The van der Waals surface area contributed by atoms with Gasteiger partial charge in [0.05, 0.1) is 18.9 Å². The Balaban J connectivity index is 2.57. The maximum absolute atomic E-state index is 11.5. The van der Waals surface area contributed by atoms with Crippen molar-refractivity contribution in [2.45, 2.75) is 27.2 Å². The largest absolute Gasteiger partial charge is 0.497 e. The lowest BCUT2D eigenvalue weighted by Crippen LogP contribution is -2.26. The van der Waals surface area contributed by atoms with Crippen molar-refractivity contribution in [2.24, 2.45) is 5.41 Å². The molecule has 1 rings (SSSR count). The first-order chi connectivity index (χ1) is 8.32. The van der Waals surface area contributed by atoms with Gasteiger partial charge >= 0.3 is 11.9 Å². The van der Waals surface area contributed by atoms with Crippen LogP contribution in [0.2, 0.25) is 0 Å². The molecule has 98 valence electrons. The van der Waals surface area contributed by atoms with E-state index in [0.717, 1.165) is 11.3 Å². The summed E-state index contributed by atoms with van der Waals surface area (Å²) in [6.45, 7) is 5.11. The van der Waals surface area contributed by atoms with Gasteiger partial charge in [0.2, 0.25) is 0 Å². The van der Waals surface area contributed by atoms with Crippen molar-refractivity contribution in [3.05, 3.63) is 29.8 Å². The second kappa shape index (κ2) is 5.67. The summed E-state index contributed by atoms with van der Waals surface area (Å²) >= 11 is 0. The van der Waals surface area contributed by atoms with E-state index in [1.54, 1.807) is 52.1 Å². The molecule has 0 spiro atoms. The van der Waals surface area contributed by atoms with Crippen molar-refractivity contribution >= 4 is 11.9 Å². The first-order valence-corrected chi connectivity index (χ1v) is 5.71. The van der Waals surface area contributed by atoms with Gasteiger partial charge in [-0.05, 0) is 38.5 Å². The fraction of sp³-hybridized carbons (Fsp3) is 0.429. The van der Waals surface area contributed by atoms with Gasteiger partial charge in [0.25, 0.3) is 0 Å². The molecule has 1 aromatic rings. The van der Waals surface area contributed by atoms with E-state index in [0.29, 0.717) is 0 Å². The Bertz CT molecular complexity index is 426. The highest BCUT2D eigenvalue weighted by molar-refractivity contribution is 5.89. The van der Waals surface area contributed by atoms with Crippen molar-refractivity contribution in [1.29, 1.82) is 0 Å². The number of esters is 2. The van der Waals surface area contributed by atoms with E-state index in [1.807, 2.05) is 0 Å². The lowest BCUT2D eigenvalue weighted by molar-refractivity contribution is -0.165. The van der Waals surface area contributed by atoms with E-state index >= 15 is 0 Å². The molecule has 0 fully saturated rings. The van der Waals surface area contributed by atoms with Crippen LogP contribution in [0.1, 0.15) is 26.3 Å². The number of rotatable bonds is 3. The fourth-order valence-electron chi connectivity index (χ4n) is 1.20. The van der Waals surface area contributed by atoms with Crippen LogP contribution in [-0.2, 0) is 20.7 Å². The third-order valence-electron chi connectivity index (χ3n) is 2.33. The van der Waals surface area contributed by atoms with Gasteiger partial charge in [0.1, 0.15) is 5.75 Å². The van der Waals surface area contributed by atoms with Crippen molar-refractivity contribution in [3.63, 3.8) is 0 Å². The standard InChI is InChI=1S/C14H18O4/c1-14(2,3)13(16)18-12(15)9-10-5-7-11(17-4)8-6-10/h5-8H,9H2,1-4H3. The highest BCUT2D eigenvalue weighted by atomic mass is 16.6. The maximum atomic E-state index is 11.5. The zero-order chi connectivity index (χ0) is 13.8. The smallest absolute Gasteiger partial charge is 0.318 e. The number of carbonyl (C=O) groups excluding carboxylic acids is 2. The molecule has 1 aromatic carbocycles. The Morgan fingerprint density at radius 2 is 1.67 bits per heavy atom. The minimum atomic E-state index is -0.671. The highest BCUT2D eigenvalue weighted by Crippen LogP contribution is 2.16. The molecule has 0 N–H and O–H groups in total. The molecule has 0 saturated carbocycles. The normalized spacial score (nSPS) is 10.9. The monoisotopic (exact) mass is 250 g/mol. The topological polar surface area (TPSA) is 52.6 Å². The Hall–Kier alpha value is -1.84. The Morgan fingerprint density at radius 1 is 1.11 bits per heavy atom. The zero-order valence-corrected chi connectivity index (χ0v) is 11.1. The second-order valence-corrected chi connectivity index (χ2v) is 5.04. The van der Waals surface area contributed by atoms with Crippen molar-refractivity contribution in [3.8, 4) is 5.75 Å². The van der Waals surface area contributed by atoms with Crippen LogP contribution in [0.4, 0.5) is 0 Å². The molecule has 0 bridgehead atoms. The summed E-state index contributed by atoms with van der Waals surface area (Å²) in [5.41, 5.74) is 0.109. The Morgan fingerprint density at radius 3 is 2.11 bits per heavy atom. The molecule has 4 nitrogen and oxygen atoms in total. The van der Waals surface area contributed by atoms with Gasteiger partial charge < -0.3 is 9.47 Å². The predicted molar refractivity (Wildman–Crippen MR) is 67.3 cm³/mol. The molecule has 0 atom stereocenters. The van der Waals surface area contributed by atoms with E-state index in [-0.39, 0.29) is 6.42 Å². The third-order valence-corrected chi connectivity index (χ3v) is 2.33. The molecule has 0 amide bonds. The first kappa shape index (κ1) is 14.2. The van der Waals surface area contributed by atoms with Gasteiger partial charge in [0, 0.05) is 0 Å². The molecule has 0 aromatic heterocycles. The molecule has 0 aliphatic carbocycles. The quantitative estimate of drug-likeness (QED) is 0.610. The molecule has 0 saturated heterocycles. The minimum absolute atomic E-state index is 0.0752. The van der Waals surface area contributed by atoms with Gasteiger partial charge in [0.15, 0.2) is 0 Å². The van der Waals surface area contributed by atoms with Gasteiger partial charge in [-0.1, -0.05) is 12.1 Å². The van der Waals surface area contributed by atoms with E-state index in [2.05, 4.69) is 0 Å². The van der Waals surface area contributed by atoms with Crippen molar-refractivity contribution in [2.75, 3.05) is 7.11 Å². The van der Waals surface area contributed by atoms with Crippen molar-refractivity contribution < 1.29 is 19.1 Å². The molecule has 18 heavy (non-hydrogen) atoms. The van der Waals surface area contributed by atoms with Gasteiger partial charge in [-0.15, -0.1) is 0 Å². The number of hydrogen-bond donors (Lipinski definition) is 0. The van der Waals surface area contributed by atoms with E-state index < -0.39 is 17.4 Å². The van der Waals surface area contributed by atoms with Gasteiger partial charge in [-0.25, -0.2) is 0 Å². The van der Waals surface area contributed by atoms with Crippen LogP contribution in [-0.4, -0.2) is 19.0 Å². The summed E-state index contributed by atoms with van der Waals surface area (Å²) in [6, 6.07) is 7.05. The number of benzene rings is 1. The number of methoxy groups -OCH3 is 1. The maximum Gasteiger partial charge on any atom is 0.318 e. The third kappa shape index (κ3) is 4.20. The van der Waals surface area contributed by atoms with E-state index in [4.69, 9.17) is 9.47 Å². The average molecular weight is 250 g/mol. The second-order valence-electron chi connectivity index (χ2n) is 5.04. The summed E-state index contributed by atoms with van der Waals surface area (Å²) in [6.07, 6.45) is 0.0752. The van der Waals surface area contributed by atoms with Crippen LogP contribution < -0.4 is 4.74 Å². The first-order valence-electron chi connectivity index (χ1n) is 5.71. The highest BCUT2D eigenvalue weighted by Gasteiger charge is 2.25. The van der Waals surface area contributed by atoms with Crippen LogP contribution in [0.3, 0.4) is 0 Å². The molecule has 4 heteroatoms. The van der Waals surface area contributed by atoms with Gasteiger partial charge in [-0.2, -0.15) is 0 Å². The van der Waals surface area contributed by atoms with Crippen LogP contribution in [0.25, 0.3) is 0 Å². The Labute approximate surface area is 107 Å². The molecule has 0 unspecified atom stereocenters. The Kier molecular flexibility index (Phi) is 4.48. The summed E-state index contributed by atoms with van der Waals surface area (Å²) in [5.74, 6) is -0.334. The number of ether oxygens (including phenoxy) is 2. The predicted octanol–water partition coefficient (Wildman–Crippen LogP) is 2.35. The summed E-state index contributed by atoms with van der Waals surface area (Å²) in [4.78, 5) is 23.1. The van der Waals surface area contributed by atoms with Crippen LogP contribution >= 0.6 is 0 Å². The lowest BCUT2D eigenvalue weighted by atomic mass is 9.97. The van der Waals surface area contributed by atoms with E-state index in [1.165, 1.54) is 0 Å². The van der Waals surface area contributed by atoms with Crippen molar-refractivity contribution in [1.82, 2.24) is 0 Å². The van der Waals surface area contributed by atoms with Crippen LogP contribution in [0.15, 0.2) is 24.3 Å². The fourth-order valence-corrected chi connectivity index (χ4v) is 1.20. The number of carbonyl (C=O) groups is 2. The molecule has 0 radical (unpaired) electrons. The molecule has 0 aliphatic heterocycles. The molecule has 0 aliphatic rings. The zero-order valence-electron chi connectivity index (χ0n) is 11.1. The van der Waals surface area contributed by atoms with Gasteiger partial charge in [-0.3, -0.25) is 9.59 Å².